The number of carboxylic acid groups (broad SMARTS) is 1. The molecule has 1 unspecified atom stereocenters. The van der Waals surface area contributed by atoms with Crippen molar-refractivity contribution in [1.82, 2.24) is 0 Å². The number of hydrogen-bond donors (Lipinski definition) is 1. The second-order valence-corrected chi connectivity index (χ2v) is 5.57. The van der Waals surface area contributed by atoms with Gasteiger partial charge >= 0.3 is 11.7 Å². The predicted molar refractivity (Wildman–Crippen MR) is 71.8 cm³/mol. The molecule has 7 heteroatoms. The van der Waals surface area contributed by atoms with Crippen LogP contribution in [0.1, 0.15) is 20.8 Å². The monoisotopic (exact) mass is 285 g/mol. The van der Waals surface area contributed by atoms with Gasteiger partial charge in [-0.05, 0) is 26.8 Å². The molecule has 0 heterocycles. The first-order valence-electron chi connectivity index (χ1n) is 5.65. The number of benzene rings is 1. The summed E-state index contributed by atoms with van der Waals surface area (Å²) in [5.74, 6) is -0.780. The third-order valence-corrected chi connectivity index (χ3v) is 3.23. The molecule has 0 radical (unpaired) electrons. The fraction of sp³-hybridized carbons (Fsp3) is 0.417. The maximum atomic E-state index is 10.9. The van der Waals surface area contributed by atoms with Crippen molar-refractivity contribution in [3.05, 3.63) is 28.3 Å². The quantitative estimate of drug-likeness (QED) is 0.491. The molecular formula is C12H15NO5S. The van der Waals surface area contributed by atoms with E-state index in [0.29, 0.717) is 4.90 Å². The normalized spacial score (nSPS) is 12.2. The van der Waals surface area contributed by atoms with Crippen molar-refractivity contribution in [1.29, 1.82) is 0 Å². The van der Waals surface area contributed by atoms with E-state index in [1.165, 1.54) is 18.2 Å². The van der Waals surface area contributed by atoms with E-state index in [1.54, 1.807) is 20.8 Å². The summed E-state index contributed by atoms with van der Waals surface area (Å²) in [5.41, 5.74) is -0.124. The maximum absolute atomic E-state index is 10.9. The molecule has 104 valence electrons. The van der Waals surface area contributed by atoms with Crippen LogP contribution in [-0.4, -0.2) is 27.4 Å². The van der Waals surface area contributed by atoms with Gasteiger partial charge in [0.05, 0.1) is 11.0 Å². The molecule has 6 nitrogen and oxygen atoms in total. The van der Waals surface area contributed by atoms with E-state index in [2.05, 4.69) is 0 Å². The summed E-state index contributed by atoms with van der Waals surface area (Å²) in [6, 6.07) is 4.35. The average molecular weight is 285 g/mol. The summed E-state index contributed by atoms with van der Waals surface area (Å²) in [5, 5.41) is 19.1. The Morgan fingerprint density at radius 1 is 1.42 bits per heavy atom. The zero-order chi connectivity index (χ0) is 14.6. The van der Waals surface area contributed by atoms with Crippen LogP contribution in [0.2, 0.25) is 0 Å². The molecule has 1 N–H and O–H groups in total. The maximum Gasteiger partial charge on any atom is 0.316 e. The third kappa shape index (κ3) is 4.44. The van der Waals surface area contributed by atoms with Crippen LogP contribution in [0.5, 0.6) is 5.75 Å². The summed E-state index contributed by atoms with van der Waals surface area (Å²) in [6.45, 7) is 5.09. The van der Waals surface area contributed by atoms with Crippen molar-refractivity contribution in [2.24, 2.45) is 0 Å². The molecule has 0 fully saturated rings. The number of nitro benzene ring substituents is 1. The molecule has 0 aromatic heterocycles. The number of rotatable bonds is 6. The van der Waals surface area contributed by atoms with Crippen LogP contribution >= 0.6 is 11.8 Å². The summed E-state index contributed by atoms with van der Waals surface area (Å²) >= 11 is 1.11. The molecule has 1 aromatic rings. The highest BCUT2D eigenvalue weighted by Gasteiger charge is 2.19. The number of carbonyl (C=O) groups is 1. The summed E-state index contributed by atoms with van der Waals surface area (Å²) in [4.78, 5) is 21.8. The van der Waals surface area contributed by atoms with Crippen molar-refractivity contribution >= 4 is 23.4 Å². The Morgan fingerprint density at radius 3 is 2.53 bits per heavy atom. The van der Waals surface area contributed by atoms with Crippen LogP contribution in [0.15, 0.2) is 23.1 Å². The predicted octanol–water partition coefficient (Wildman–Crippen LogP) is 2.95. The molecule has 0 saturated heterocycles. The van der Waals surface area contributed by atoms with Gasteiger partial charge in [0.15, 0.2) is 5.75 Å². The lowest BCUT2D eigenvalue weighted by Gasteiger charge is -2.12. The number of nitro groups is 1. The van der Waals surface area contributed by atoms with Gasteiger partial charge in [-0.25, -0.2) is 0 Å². The first-order chi connectivity index (χ1) is 8.81. The molecule has 0 aliphatic heterocycles. The topological polar surface area (TPSA) is 89.7 Å². The number of thioether (sulfide) groups is 1. The third-order valence-electron chi connectivity index (χ3n) is 2.15. The first-order valence-corrected chi connectivity index (χ1v) is 6.53. The Bertz CT molecular complexity index is 489. The van der Waals surface area contributed by atoms with Gasteiger partial charge in [0.25, 0.3) is 0 Å². The van der Waals surface area contributed by atoms with Crippen molar-refractivity contribution in [3.63, 3.8) is 0 Å². The van der Waals surface area contributed by atoms with E-state index in [0.717, 1.165) is 11.8 Å². The second-order valence-electron chi connectivity index (χ2n) is 4.15. The smallest absolute Gasteiger partial charge is 0.316 e. The molecule has 19 heavy (non-hydrogen) atoms. The zero-order valence-corrected chi connectivity index (χ0v) is 11.6. The van der Waals surface area contributed by atoms with Crippen LogP contribution in [-0.2, 0) is 4.79 Å². The Morgan fingerprint density at radius 2 is 2.05 bits per heavy atom. The van der Waals surface area contributed by atoms with Crippen LogP contribution in [0.4, 0.5) is 5.69 Å². The van der Waals surface area contributed by atoms with E-state index in [4.69, 9.17) is 9.84 Å². The first kappa shape index (κ1) is 15.3. The van der Waals surface area contributed by atoms with Gasteiger partial charge in [0.1, 0.15) is 5.25 Å². The lowest BCUT2D eigenvalue weighted by atomic mass is 10.3. The Hall–Kier alpha value is -1.76. The number of nitrogens with zero attached hydrogens (tertiary/aromatic N) is 1. The lowest BCUT2D eigenvalue weighted by molar-refractivity contribution is -0.386. The van der Waals surface area contributed by atoms with Crippen LogP contribution in [0, 0.1) is 10.1 Å². The fourth-order valence-electron chi connectivity index (χ4n) is 1.32. The Balaban J connectivity index is 3.03. The minimum Gasteiger partial charge on any atom is -0.484 e. The van der Waals surface area contributed by atoms with E-state index in [9.17, 15) is 14.9 Å². The van der Waals surface area contributed by atoms with Crippen molar-refractivity contribution < 1.29 is 19.6 Å². The molecule has 0 aliphatic carbocycles. The fourth-order valence-corrected chi connectivity index (χ4v) is 2.15. The largest absolute Gasteiger partial charge is 0.484 e. The average Bonchev–Trinajstić information content (AvgIpc) is 2.27. The van der Waals surface area contributed by atoms with Crippen LogP contribution in [0.3, 0.4) is 0 Å². The van der Waals surface area contributed by atoms with Crippen LogP contribution in [0.25, 0.3) is 0 Å². The van der Waals surface area contributed by atoms with E-state index in [1.807, 2.05) is 0 Å². The van der Waals surface area contributed by atoms with Gasteiger partial charge in [-0.15, -0.1) is 11.8 Å². The van der Waals surface area contributed by atoms with Gasteiger partial charge in [-0.2, -0.15) is 0 Å². The highest BCUT2D eigenvalue weighted by Crippen LogP contribution is 2.34. The molecule has 1 atom stereocenters. The standard InChI is InChI=1S/C12H15NO5S/c1-7(2)18-11-6-9(19-8(3)12(14)15)4-5-10(11)13(16)17/h4-8H,1-3H3,(H,14,15). The van der Waals surface area contributed by atoms with Gasteiger partial charge in [-0.3, -0.25) is 14.9 Å². The zero-order valence-electron chi connectivity index (χ0n) is 10.8. The molecule has 1 rings (SSSR count). The van der Waals surface area contributed by atoms with Gasteiger partial charge < -0.3 is 9.84 Å². The molecule has 0 aliphatic rings. The van der Waals surface area contributed by atoms with E-state index < -0.39 is 16.1 Å². The van der Waals surface area contributed by atoms with Crippen molar-refractivity contribution in [2.75, 3.05) is 0 Å². The highest BCUT2D eigenvalue weighted by molar-refractivity contribution is 8.00. The minimum absolute atomic E-state index is 0.124. The second kappa shape index (κ2) is 6.42. The Labute approximate surface area is 114 Å². The summed E-state index contributed by atoms with van der Waals surface area (Å²) in [7, 11) is 0. The number of hydrogen-bond acceptors (Lipinski definition) is 5. The van der Waals surface area contributed by atoms with E-state index >= 15 is 0 Å². The molecule has 0 spiro atoms. The molecule has 0 saturated carbocycles. The number of carboxylic acids is 1. The van der Waals surface area contributed by atoms with E-state index in [-0.39, 0.29) is 17.5 Å². The van der Waals surface area contributed by atoms with Crippen LogP contribution < -0.4 is 4.74 Å². The highest BCUT2D eigenvalue weighted by atomic mass is 32.2. The van der Waals surface area contributed by atoms with Gasteiger partial charge in [0.2, 0.25) is 0 Å². The van der Waals surface area contributed by atoms with Crippen molar-refractivity contribution in [2.45, 2.75) is 37.0 Å². The number of ether oxygens (including phenoxy) is 1. The Kier molecular flexibility index (Phi) is 5.17. The molecule has 0 bridgehead atoms. The minimum atomic E-state index is -0.935. The summed E-state index contributed by atoms with van der Waals surface area (Å²) < 4.78 is 5.39. The van der Waals surface area contributed by atoms with Gasteiger partial charge in [-0.1, -0.05) is 0 Å². The molecular weight excluding hydrogens is 270 g/mol. The van der Waals surface area contributed by atoms with Gasteiger partial charge in [0, 0.05) is 17.0 Å². The van der Waals surface area contributed by atoms with Crippen molar-refractivity contribution in [3.8, 4) is 5.75 Å². The molecule has 0 amide bonds. The number of aliphatic carboxylic acids is 1. The summed E-state index contributed by atoms with van der Waals surface area (Å²) in [6.07, 6.45) is -0.198. The lowest BCUT2D eigenvalue weighted by Crippen LogP contribution is -2.11. The SMILES string of the molecule is CC(C)Oc1cc(SC(C)C(=O)O)ccc1[N+](=O)[O-]. The molecule has 1 aromatic carbocycles.